The third-order valence-electron chi connectivity index (χ3n) is 4.92. The van der Waals surface area contributed by atoms with E-state index in [-0.39, 0.29) is 18.7 Å². The summed E-state index contributed by atoms with van der Waals surface area (Å²) < 4.78 is 37.8. The van der Waals surface area contributed by atoms with Gasteiger partial charge >= 0.3 is 6.18 Å². The number of aliphatic hydroxyl groups is 1. The van der Waals surface area contributed by atoms with E-state index in [0.29, 0.717) is 18.4 Å². The summed E-state index contributed by atoms with van der Waals surface area (Å²) in [6.07, 6.45) is -0.865. The number of fused-ring (bicyclic) bond motifs is 1. The van der Waals surface area contributed by atoms with E-state index in [2.05, 4.69) is 10.3 Å². The van der Waals surface area contributed by atoms with Crippen molar-refractivity contribution in [1.82, 2.24) is 10.3 Å². The molecule has 2 heterocycles. The molecule has 10 heteroatoms. The van der Waals surface area contributed by atoms with E-state index in [1.54, 1.807) is 24.2 Å². The molecule has 1 aromatic heterocycles. The monoisotopic (exact) mass is 432 g/mol. The number of halogens is 3. The summed E-state index contributed by atoms with van der Waals surface area (Å²) in [6, 6.07) is 7.36. The molecular weight excluding hydrogens is 413 g/mol. The molecule has 2 amide bonds. The highest BCUT2D eigenvalue weighted by Crippen LogP contribution is 2.31. The van der Waals surface area contributed by atoms with Crippen molar-refractivity contribution in [3.8, 4) is 11.1 Å². The molecule has 0 radical (unpaired) electrons. The van der Waals surface area contributed by atoms with Gasteiger partial charge in [-0.15, -0.1) is 0 Å². The van der Waals surface area contributed by atoms with Crippen molar-refractivity contribution in [2.75, 3.05) is 11.9 Å². The number of pyridine rings is 1. The van der Waals surface area contributed by atoms with E-state index >= 15 is 0 Å². The summed E-state index contributed by atoms with van der Waals surface area (Å²) in [4.78, 5) is 29.5. The van der Waals surface area contributed by atoms with Crippen LogP contribution < -0.4 is 10.2 Å². The molecule has 0 fully saturated rings. The van der Waals surface area contributed by atoms with Gasteiger partial charge in [0.25, 0.3) is 5.91 Å². The zero-order valence-electron chi connectivity index (χ0n) is 16.5. The Kier molecular flexibility index (Phi) is 6.09. The number of hydrogen-bond acceptors (Lipinski definition) is 5. The average molecular weight is 432 g/mol. The van der Waals surface area contributed by atoms with Crippen LogP contribution in [-0.4, -0.2) is 41.3 Å². The molecule has 3 rings (SSSR count). The number of anilines is 1. The van der Waals surface area contributed by atoms with Crippen molar-refractivity contribution in [3.63, 3.8) is 0 Å². The fourth-order valence-electron chi connectivity index (χ4n) is 3.25. The van der Waals surface area contributed by atoms with Crippen LogP contribution >= 0.6 is 0 Å². The van der Waals surface area contributed by atoms with Crippen LogP contribution in [-0.2, 0) is 22.6 Å². The van der Waals surface area contributed by atoms with Gasteiger partial charge < -0.3 is 20.7 Å². The molecule has 0 aliphatic carbocycles. The lowest BCUT2D eigenvalue weighted by atomic mass is 9.96. The van der Waals surface area contributed by atoms with Crippen LogP contribution in [0.25, 0.3) is 11.1 Å². The van der Waals surface area contributed by atoms with E-state index in [9.17, 15) is 22.8 Å². The number of rotatable bonds is 5. The summed E-state index contributed by atoms with van der Waals surface area (Å²) in [5, 5.41) is 18.4. The van der Waals surface area contributed by atoms with Crippen molar-refractivity contribution in [3.05, 3.63) is 59.1 Å². The number of carbonyl (C=O) groups excluding carboxylic acids is 2. The minimum absolute atomic E-state index is 0.0505. The minimum Gasteiger partial charge on any atom is -0.504 e. The van der Waals surface area contributed by atoms with E-state index in [1.165, 1.54) is 6.20 Å². The van der Waals surface area contributed by atoms with Crippen molar-refractivity contribution in [2.24, 2.45) is 0 Å². The summed E-state index contributed by atoms with van der Waals surface area (Å²) in [5.41, 5.74) is 2.78. The molecule has 1 aromatic carbocycles. The maximum atomic E-state index is 12.6. The Labute approximate surface area is 175 Å². The zero-order valence-corrected chi connectivity index (χ0v) is 16.5. The normalized spacial score (nSPS) is 14.6. The molecule has 2 aromatic rings. The molecule has 1 aliphatic heterocycles. The second-order valence-electron chi connectivity index (χ2n) is 6.97. The van der Waals surface area contributed by atoms with Gasteiger partial charge in [-0.2, -0.15) is 13.2 Å². The third kappa shape index (κ3) is 4.73. The van der Waals surface area contributed by atoms with Gasteiger partial charge in [0.15, 0.2) is 0 Å². The molecule has 0 atom stereocenters. The highest BCUT2D eigenvalue weighted by molar-refractivity contribution is 6.11. The maximum Gasteiger partial charge on any atom is 0.449 e. The van der Waals surface area contributed by atoms with E-state index in [0.717, 1.165) is 22.4 Å². The fourth-order valence-corrected chi connectivity index (χ4v) is 3.25. The summed E-state index contributed by atoms with van der Waals surface area (Å²) >= 11 is 0. The van der Waals surface area contributed by atoms with Gasteiger partial charge in [0.2, 0.25) is 11.7 Å². The predicted octanol–water partition coefficient (Wildman–Crippen LogP) is 3.30. The number of nitrogens with zero attached hydrogens (tertiary/aromatic N) is 2. The zero-order chi connectivity index (χ0) is 22.8. The Balaban J connectivity index is 1.78. The number of aryl methyl sites for hydroxylation is 1. The third-order valence-corrected chi connectivity index (χ3v) is 4.92. The Morgan fingerprint density at radius 1 is 1.26 bits per heavy atom. The molecule has 7 nitrogen and oxygen atoms in total. The number of hydrogen-bond donors (Lipinski definition) is 3. The van der Waals surface area contributed by atoms with Crippen molar-refractivity contribution >= 4 is 23.7 Å². The van der Waals surface area contributed by atoms with Crippen LogP contribution in [0.15, 0.2) is 48.0 Å². The second-order valence-corrected chi connectivity index (χ2v) is 6.97. The molecule has 162 valence electrons. The first kappa shape index (κ1) is 22.0. The van der Waals surface area contributed by atoms with Gasteiger partial charge in [0.1, 0.15) is 5.57 Å². The summed E-state index contributed by atoms with van der Waals surface area (Å²) in [6.45, 7) is -0.148. The van der Waals surface area contributed by atoms with Crippen LogP contribution in [0, 0.1) is 5.41 Å². The number of aliphatic hydroxyl groups excluding tert-OH is 1. The molecular formula is C21H19F3N4O3. The topological polar surface area (TPSA) is 106 Å². The number of allylic oxidation sites excluding steroid dienone is 1. The van der Waals surface area contributed by atoms with E-state index in [4.69, 9.17) is 10.5 Å². The number of carbonyl (C=O) groups is 2. The quantitative estimate of drug-likeness (QED) is 0.383. The Hall–Kier alpha value is -3.69. The van der Waals surface area contributed by atoms with Crippen LogP contribution in [0.3, 0.4) is 0 Å². The lowest BCUT2D eigenvalue weighted by molar-refractivity contribution is -0.127. The first-order valence-electron chi connectivity index (χ1n) is 9.24. The lowest BCUT2D eigenvalue weighted by Crippen LogP contribution is -2.30. The molecule has 0 saturated heterocycles. The largest absolute Gasteiger partial charge is 0.504 e. The number of amides is 2. The SMILES string of the molecule is CN1C(=O)CCc2cc(-c3cncc(CNC(=O)/C(C=N)=C(/O)C(F)(F)F)c3)ccc21. The minimum atomic E-state index is -5.13. The van der Waals surface area contributed by atoms with Crippen LogP contribution in [0.5, 0.6) is 0 Å². The van der Waals surface area contributed by atoms with Crippen LogP contribution in [0.4, 0.5) is 18.9 Å². The van der Waals surface area contributed by atoms with Crippen molar-refractivity contribution in [2.45, 2.75) is 25.6 Å². The van der Waals surface area contributed by atoms with Gasteiger partial charge in [-0.1, -0.05) is 6.07 Å². The molecule has 0 saturated carbocycles. The van der Waals surface area contributed by atoms with Crippen molar-refractivity contribution in [1.29, 1.82) is 5.41 Å². The average Bonchev–Trinajstić information content (AvgIpc) is 2.74. The van der Waals surface area contributed by atoms with E-state index < -0.39 is 23.4 Å². The van der Waals surface area contributed by atoms with Crippen LogP contribution in [0.1, 0.15) is 17.5 Å². The van der Waals surface area contributed by atoms with Gasteiger partial charge in [0.05, 0.1) is 0 Å². The maximum absolute atomic E-state index is 12.6. The summed E-state index contributed by atoms with van der Waals surface area (Å²) in [5.74, 6) is -3.30. The predicted molar refractivity (Wildman–Crippen MR) is 108 cm³/mol. The first-order valence-corrected chi connectivity index (χ1v) is 9.24. The molecule has 0 bridgehead atoms. The molecule has 0 spiro atoms. The number of alkyl halides is 3. The summed E-state index contributed by atoms with van der Waals surface area (Å²) in [7, 11) is 1.72. The van der Waals surface area contributed by atoms with Crippen LogP contribution in [0.2, 0.25) is 0 Å². The Morgan fingerprint density at radius 3 is 2.68 bits per heavy atom. The van der Waals surface area contributed by atoms with Gasteiger partial charge in [-0.05, 0) is 41.3 Å². The molecule has 0 unspecified atom stereocenters. The number of aromatic nitrogens is 1. The molecule has 3 N–H and O–H groups in total. The van der Waals surface area contributed by atoms with Gasteiger partial charge in [0, 0.05) is 49.9 Å². The van der Waals surface area contributed by atoms with E-state index in [1.807, 2.05) is 18.2 Å². The molecule has 31 heavy (non-hydrogen) atoms. The van der Waals surface area contributed by atoms with Gasteiger partial charge in [-0.25, -0.2) is 0 Å². The first-order chi connectivity index (χ1) is 14.6. The lowest BCUT2D eigenvalue weighted by Gasteiger charge is -2.26. The Morgan fingerprint density at radius 2 is 2.00 bits per heavy atom. The standard InChI is InChI=1S/C21H19F3N4O3/c1-28-17-4-2-13(7-14(17)3-5-18(28)29)15-6-12(9-26-11-15)10-27-20(31)16(8-25)19(30)21(22,23)24/h2,4,6-9,11,25,30H,3,5,10H2,1H3,(H,27,31)/b19-16+,25-8?. The van der Waals surface area contributed by atoms with Gasteiger partial charge in [-0.3, -0.25) is 14.6 Å². The molecule has 1 aliphatic rings. The Bertz CT molecular complexity index is 1080. The smallest absolute Gasteiger partial charge is 0.449 e. The van der Waals surface area contributed by atoms with Crippen molar-refractivity contribution < 1.29 is 27.9 Å². The second kappa shape index (κ2) is 8.58. The highest BCUT2D eigenvalue weighted by Gasteiger charge is 2.38. The fraction of sp³-hybridized carbons (Fsp3) is 0.238. The highest BCUT2D eigenvalue weighted by atomic mass is 19.4. The number of benzene rings is 1. The number of nitrogens with one attached hydrogen (secondary N) is 2.